The van der Waals surface area contributed by atoms with E-state index in [-0.39, 0.29) is 5.60 Å². The SMILES string of the molecule is Cc1ccc(CN2CCC3(CC2)OCC[C@H]3CCOc2cccnc2)o1. The number of ether oxygens (including phenoxy) is 2. The number of likely N-dealkylation sites (tertiary alicyclic amines) is 1. The number of pyridine rings is 1. The largest absolute Gasteiger partial charge is 0.492 e. The second kappa shape index (κ2) is 7.80. The Balaban J connectivity index is 1.27. The van der Waals surface area contributed by atoms with Gasteiger partial charge in [0.05, 0.1) is 24.9 Å². The van der Waals surface area contributed by atoms with Crippen LogP contribution in [0, 0.1) is 12.8 Å². The highest BCUT2D eigenvalue weighted by atomic mass is 16.5. The van der Waals surface area contributed by atoms with E-state index in [1.54, 1.807) is 12.4 Å². The van der Waals surface area contributed by atoms with E-state index in [0.29, 0.717) is 5.92 Å². The van der Waals surface area contributed by atoms with Crippen LogP contribution in [0.15, 0.2) is 41.1 Å². The molecule has 2 aliphatic rings. The molecule has 4 rings (SSSR count). The lowest BCUT2D eigenvalue weighted by atomic mass is 9.78. The maximum Gasteiger partial charge on any atom is 0.137 e. The van der Waals surface area contributed by atoms with Gasteiger partial charge < -0.3 is 13.9 Å². The first kappa shape index (κ1) is 17.6. The lowest BCUT2D eigenvalue weighted by Crippen LogP contribution is -2.47. The molecule has 2 saturated heterocycles. The molecule has 2 aromatic rings. The molecule has 26 heavy (non-hydrogen) atoms. The zero-order valence-electron chi connectivity index (χ0n) is 15.5. The fourth-order valence-corrected chi connectivity index (χ4v) is 4.38. The number of aryl methyl sites for hydroxylation is 1. The van der Waals surface area contributed by atoms with Crippen molar-refractivity contribution in [3.05, 3.63) is 48.2 Å². The molecule has 0 aromatic carbocycles. The van der Waals surface area contributed by atoms with Gasteiger partial charge in [0.25, 0.3) is 0 Å². The molecule has 2 fully saturated rings. The predicted molar refractivity (Wildman–Crippen MR) is 99.1 cm³/mol. The van der Waals surface area contributed by atoms with Gasteiger partial charge in [0.2, 0.25) is 0 Å². The summed E-state index contributed by atoms with van der Waals surface area (Å²) >= 11 is 0. The van der Waals surface area contributed by atoms with Crippen LogP contribution in [-0.4, -0.2) is 41.8 Å². The summed E-state index contributed by atoms with van der Waals surface area (Å²) in [5.41, 5.74) is 0.0495. The number of hydrogen-bond donors (Lipinski definition) is 0. The molecule has 0 radical (unpaired) electrons. The number of nitrogens with zero attached hydrogens (tertiary/aromatic N) is 2. The second-order valence-electron chi connectivity index (χ2n) is 7.51. The van der Waals surface area contributed by atoms with Crippen molar-refractivity contribution in [3.8, 4) is 5.75 Å². The van der Waals surface area contributed by atoms with E-state index in [0.717, 1.165) is 75.8 Å². The van der Waals surface area contributed by atoms with Gasteiger partial charge in [-0.15, -0.1) is 0 Å². The average Bonchev–Trinajstić information content (AvgIpc) is 3.25. The van der Waals surface area contributed by atoms with Gasteiger partial charge in [0.15, 0.2) is 0 Å². The standard InChI is InChI=1S/C21H28N2O3/c1-17-4-5-20(26-17)16-23-11-8-21(9-12-23)18(7-14-25-21)6-13-24-19-3-2-10-22-15-19/h2-5,10,15,18H,6-9,11-14,16H2,1H3/t18-/m1/s1. The van der Waals surface area contributed by atoms with Crippen molar-refractivity contribution < 1.29 is 13.9 Å². The van der Waals surface area contributed by atoms with Crippen molar-refractivity contribution in [1.29, 1.82) is 0 Å². The van der Waals surface area contributed by atoms with Gasteiger partial charge in [-0.05, 0) is 62.8 Å². The molecule has 0 saturated carbocycles. The molecular weight excluding hydrogens is 328 g/mol. The second-order valence-corrected chi connectivity index (χ2v) is 7.51. The Kier molecular flexibility index (Phi) is 5.27. The smallest absolute Gasteiger partial charge is 0.137 e. The Morgan fingerprint density at radius 3 is 2.88 bits per heavy atom. The van der Waals surface area contributed by atoms with Crippen LogP contribution in [0.2, 0.25) is 0 Å². The molecular formula is C21H28N2O3. The Morgan fingerprint density at radius 1 is 1.27 bits per heavy atom. The van der Waals surface area contributed by atoms with Crippen LogP contribution < -0.4 is 4.74 Å². The molecule has 0 amide bonds. The zero-order valence-corrected chi connectivity index (χ0v) is 15.5. The number of aromatic nitrogens is 1. The van der Waals surface area contributed by atoms with Gasteiger partial charge in [-0.3, -0.25) is 9.88 Å². The number of furan rings is 1. The molecule has 1 spiro atoms. The first-order valence-corrected chi connectivity index (χ1v) is 9.68. The van der Waals surface area contributed by atoms with Gasteiger partial charge in [0.1, 0.15) is 17.3 Å². The summed E-state index contributed by atoms with van der Waals surface area (Å²) in [5.74, 6) is 3.49. The molecule has 2 aromatic heterocycles. The van der Waals surface area contributed by atoms with Crippen molar-refractivity contribution in [1.82, 2.24) is 9.88 Å². The summed E-state index contributed by atoms with van der Waals surface area (Å²) < 4.78 is 17.9. The van der Waals surface area contributed by atoms with Crippen LogP contribution >= 0.6 is 0 Å². The van der Waals surface area contributed by atoms with E-state index in [2.05, 4.69) is 16.0 Å². The summed E-state index contributed by atoms with van der Waals surface area (Å²) in [6.45, 7) is 6.66. The van der Waals surface area contributed by atoms with Crippen LogP contribution in [0.3, 0.4) is 0 Å². The Hall–Kier alpha value is -1.85. The van der Waals surface area contributed by atoms with Crippen LogP contribution in [0.25, 0.3) is 0 Å². The third kappa shape index (κ3) is 3.94. The molecule has 0 bridgehead atoms. The van der Waals surface area contributed by atoms with Crippen LogP contribution in [-0.2, 0) is 11.3 Å². The molecule has 0 unspecified atom stereocenters. The van der Waals surface area contributed by atoms with E-state index >= 15 is 0 Å². The van der Waals surface area contributed by atoms with Gasteiger partial charge in [0, 0.05) is 25.9 Å². The Labute approximate surface area is 155 Å². The maximum absolute atomic E-state index is 6.28. The maximum atomic E-state index is 6.28. The summed E-state index contributed by atoms with van der Waals surface area (Å²) in [6.07, 6.45) is 7.94. The number of piperidine rings is 1. The van der Waals surface area contributed by atoms with E-state index in [1.807, 2.05) is 25.1 Å². The van der Waals surface area contributed by atoms with E-state index in [4.69, 9.17) is 13.9 Å². The fourth-order valence-electron chi connectivity index (χ4n) is 4.38. The molecule has 0 N–H and O–H groups in total. The van der Waals surface area contributed by atoms with E-state index in [9.17, 15) is 0 Å². The number of hydrogen-bond acceptors (Lipinski definition) is 5. The fraction of sp³-hybridized carbons (Fsp3) is 0.571. The van der Waals surface area contributed by atoms with Gasteiger partial charge in [-0.2, -0.15) is 0 Å². The summed E-state index contributed by atoms with van der Waals surface area (Å²) in [7, 11) is 0. The van der Waals surface area contributed by atoms with Crippen molar-refractivity contribution in [2.45, 2.75) is 44.8 Å². The molecule has 5 heteroatoms. The third-order valence-electron chi connectivity index (χ3n) is 5.85. The quantitative estimate of drug-likeness (QED) is 0.787. The minimum absolute atomic E-state index is 0.0495. The lowest BCUT2D eigenvalue weighted by Gasteiger charge is -2.42. The summed E-state index contributed by atoms with van der Waals surface area (Å²) in [4.78, 5) is 6.58. The molecule has 140 valence electrons. The normalized spacial score (nSPS) is 22.7. The molecule has 5 nitrogen and oxygen atoms in total. The van der Waals surface area contributed by atoms with E-state index in [1.165, 1.54) is 0 Å². The highest BCUT2D eigenvalue weighted by molar-refractivity contribution is 5.15. The first-order chi connectivity index (χ1) is 12.7. The molecule has 4 heterocycles. The van der Waals surface area contributed by atoms with Crippen molar-refractivity contribution in [3.63, 3.8) is 0 Å². The Bertz CT molecular complexity index is 692. The lowest BCUT2D eigenvalue weighted by molar-refractivity contribution is -0.0715. The highest BCUT2D eigenvalue weighted by Crippen LogP contribution is 2.42. The minimum atomic E-state index is 0.0495. The topological polar surface area (TPSA) is 47.7 Å². The van der Waals surface area contributed by atoms with Gasteiger partial charge in [-0.25, -0.2) is 0 Å². The molecule has 0 aliphatic carbocycles. The minimum Gasteiger partial charge on any atom is -0.492 e. The Morgan fingerprint density at radius 2 is 2.15 bits per heavy atom. The zero-order chi connectivity index (χ0) is 17.8. The van der Waals surface area contributed by atoms with Gasteiger partial charge in [-0.1, -0.05) is 0 Å². The van der Waals surface area contributed by atoms with Crippen LogP contribution in [0.1, 0.15) is 37.2 Å². The molecule has 2 aliphatic heterocycles. The van der Waals surface area contributed by atoms with Crippen LogP contribution in [0.4, 0.5) is 0 Å². The summed E-state index contributed by atoms with van der Waals surface area (Å²) in [5, 5.41) is 0. The average molecular weight is 356 g/mol. The van der Waals surface area contributed by atoms with E-state index < -0.39 is 0 Å². The van der Waals surface area contributed by atoms with Crippen LogP contribution in [0.5, 0.6) is 5.75 Å². The van der Waals surface area contributed by atoms with Crippen molar-refractivity contribution in [2.24, 2.45) is 5.92 Å². The number of rotatable bonds is 6. The van der Waals surface area contributed by atoms with Crippen molar-refractivity contribution >= 4 is 0 Å². The highest BCUT2D eigenvalue weighted by Gasteiger charge is 2.45. The van der Waals surface area contributed by atoms with Crippen molar-refractivity contribution in [2.75, 3.05) is 26.3 Å². The summed E-state index contributed by atoms with van der Waals surface area (Å²) in [6, 6.07) is 8.00. The van der Waals surface area contributed by atoms with Gasteiger partial charge >= 0.3 is 0 Å². The first-order valence-electron chi connectivity index (χ1n) is 9.68. The molecule has 1 atom stereocenters. The monoisotopic (exact) mass is 356 g/mol. The predicted octanol–water partition coefficient (Wildman–Crippen LogP) is 3.82. The third-order valence-corrected chi connectivity index (χ3v) is 5.85.